The molecule has 1 aromatic rings. The van der Waals surface area contributed by atoms with Crippen molar-refractivity contribution in [3.63, 3.8) is 0 Å². The maximum Gasteiger partial charge on any atom is 0.0158 e. The largest absolute Gasteiger partial charge is 0.0961 e. The van der Waals surface area contributed by atoms with Crippen LogP contribution in [0.3, 0.4) is 0 Å². The molecule has 0 bridgehead atoms. The SMILES string of the molecule is C=C(C)/C=C1\C(=C/C)c2ccccc2C1(C)C. The Bertz CT molecular complexity index is 525. The molecule has 0 N–H and O–H groups in total. The lowest BCUT2D eigenvalue weighted by Crippen LogP contribution is -2.15. The molecule has 0 radical (unpaired) electrons. The summed E-state index contributed by atoms with van der Waals surface area (Å²) in [6, 6.07) is 8.68. The Hall–Kier alpha value is -1.56. The Morgan fingerprint density at radius 1 is 1.24 bits per heavy atom. The molecule has 0 saturated carbocycles. The number of hydrogen-bond acceptors (Lipinski definition) is 0. The lowest BCUT2D eigenvalue weighted by Gasteiger charge is -2.22. The summed E-state index contributed by atoms with van der Waals surface area (Å²) >= 11 is 0. The van der Waals surface area contributed by atoms with E-state index < -0.39 is 0 Å². The van der Waals surface area contributed by atoms with Gasteiger partial charge in [0.15, 0.2) is 0 Å². The number of allylic oxidation sites excluding steroid dienone is 5. The van der Waals surface area contributed by atoms with E-state index in [1.54, 1.807) is 0 Å². The molecule has 0 amide bonds. The third-order valence-electron chi connectivity index (χ3n) is 3.53. The fourth-order valence-corrected chi connectivity index (χ4v) is 2.71. The zero-order chi connectivity index (χ0) is 12.6. The first kappa shape index (κ1) is 11.9. The van der Waals surface area contributed by atoms with Gasteiger partial charge in [-0.2, -0.15) is 0 Å². The molecule has 0 aliphatic heterocycles. The predicted octanol–water partition coefficient (Wildman–Crippen LogP) is 4.88. The summed E-state index contributed by atoms with van der Waals surface area (Å²) in [6.07, 6.45) is 4.43. The molecule has 0 unspecified atom stereocenters. The standard InChI is InChI=1S/C17H20/c1-6-13-14-9-7-8-10-15(14)17(4,5)16(13)11-12(2)3/h6-11H,2H2,1,3-5H3/b13-6-,16-11+. The molecule has 0 heteroatoms. The number of fused-ring (bicyclic) bond motifs is 1. The lowest BCUT2D eigenvalue weighted by molar-refractivity contribution is 0.660. The summed E-state index contributed by atoms with van der Waals surface area (Å²) < 4.78 is 0. The van der Waals surface area contributed by atoms with Crippen molar-refractivity contribution in [2.75, 3.05) is 0 Å². The Kier molecular flexibility index (Phi) is 2.82. The van der Waals surface area contributed by atoms with Gasteiger partial charge in [-0.15, -0.1) is 0 Å². The molecule has 1 aliphatic rings. The molecular formula is C17H20. The van der Waals surface area contributed by atoms with Gasteiger partial charge < -0.3 is 0 Å². The normalized spacial score (nSPS) is 21.9. The van der Waals surface area contributed by atoms with Crippen LogP contribution in [-0.2, 0) is 5.41 Å². The van der Waals surface area contributed by atoms with Crippen LogP contribution in [0.2, 0.25) is 0 Å². The molecule has 1 aromatic carbocycles. The molecule has 0 saturated heterocycles. The van der Waals surface area contributed by atoms with Crippen LogP contribution < -0.4 is 0 Å². The van der Waals surface area contributed by atoms with E-state index >= 15 is 0 Å². The third kappa shape index (κ3) is 1.78. The molecule has 0 fully saturated rings. The lowest BCUT2D eigenvalue weighted by atomic mass is 9.81. The van der Waals surface area contributed by atoms with Crippen LogP contribution in [0.25, 0.3) is 5.57 Å². The monoisotopic (exact) mass is 224 g/mol. The fraction of sp³-hybridized carbons (Fsp3) is 0.294. The maximum absolute atomic E-state index is 4.01. The minimum atomic E-state index is 0.0807. The topological polar surface area (TPSA) is 0 Å². The quantitative estimate of drug-likeness (QED) is 0.637. The van der Waals surface area contributed by atoms with Crippen LogP contribution in [0, 0.1) is 0 Å². The summed E-state index contributed by atoms with van der Waals surface area (Å²) in [4.78, 5) is 0. The summed E-state index contributed by atoms with van der Waals surface area (Å²) in [5.74, 6) is 0. The first-order valence-electron chi connectivity index (χ1n) is 6.12. The van der Waals surface area contributed by atoms with E-state index in [4.69, 9.17) is 0 Å². The van der Waals surface area contributed by atoms with Crippen molar-refractivity contribution < 1.29 is 0 Å². The second-order valence-corrected chi connectivity index (χ2v) is 5.28. The van der Waals surface area contributed by atoms with Crippen molar-refractivity contribution in [2.45, 2.75) is 33.1 Å². The Balaban J connectivity index is 2.72. The molecule has 0 spiro atoms. The molecule has 0 heterocycles. The molecule has 0 nitrogen and oxygen atoms in total. The van der Waals surface area contributed by atoms with Crippen molar-refractivity contribution in [2.24, 2.45) is 0 Å². The molecule has 1 aliphatic carbocycles. The van der Waals surface area contributed by atoms with E-state index in [0.717, 1.165) is 5.57 Å². The zero-order valence-electron chi connectivity index (χ0n) is 11.2. The molecular weight excluding hydrogens is 204 g/mol. The van der Waals surface area contributed by atoms with Gasteiger partial charge >= 0.3 is 0 Å². The van der Waals surface area contributed by atoms with Crippen LogP contribution in [0.4, 0.5) is 0 Å². The van der Waals surface area contributed by atoms with E-state index in [9.17, 15) is 0 Å². The highest BCUT2D eigenvalue weighted by Gasteiger charge is 2.37. The van der Waals surface area contributed by atoms with Gasteiger partial charge in [-0.1, -0.05) is 62.4 Å². The van der Waals surface area contributed by atoms with Crippen molar-refractivity contribution in [1.82, 2.24) is 0 Å². The van der Waals surface area contributed by atoms with Crippen LogP contribution >= 0.6 is 0 Å². The highest BCUT2D eigenvalue weighted by atomic mass is 14.4. The van der Waals surface area contributed by atoms with Crippen LogP contribution in [0.15, 0.2) is 54.1 Å². The minimum Gasteiger partial charge on any atom is -0.0961 e. The van der Waals surface area contributed by atoms with Crippen molar-refractivity contribution in [1.29, 1.82) is 0 Å². The Labute approximate surface area is 104 Å². The summed E-state index contributed by atoms with van der Waals surface area (Å²) in [6.45, 7) is 12.8. The van der Waals surface area contributed by atoms with E-state index in [2.05, 4.69) is 70.7 Å². The number of rotatable bonds is 1. The van der Waals surface area contributed by atoms with Gasteiger partial charge in [0, 0.05) is 5.41 Å². The number of hydrogen-bond donors (Lipinski definition) is 0. The third-order valence-corrected chi connectivity index (χ3v) is 3.53. The Morgan fingerprint density at radius 3 is 2.47 bits per heavy atom. The average molecular weight is 224 g/mol. The molecule has 88 valence electrons. The van der Waals surface area contributed by atoms with Crippen molar-refractivity contribution in [3.8, 4) is 0 Å². The molecule has 2 rings (SSSR count). The van der Waals surface area contributed by atoms with E-state index in [1.165, 1.54) is 22.3 Å². The smallest absolute Gasteiger partial charge is 0.0158 e. The highest BCUT2D eigenvalue weighted by Crippen LogP contribution is 2.49. The fourth-order valence-electron chi connectivity index (χ4n) is 2.71. The van der Waals surface area contributed by atoms with Crippen LogP contribution in [0.1, 0.15) is 38.8 Å². The first-order valence-corrected chi connectivity index (χ1v) is 6.12. The van der Waals surface area contributed by atoms with E-state index in [1.807, 2.05) is 0 Å². The zero-order valence-corrected chi connectivity index (χ0v) is 11.2. The van der Waals surface area contributed by atoms with Gasteiger partial charge in [-0.3, -0.25) is 0 Å². The maximum atomic E-state index is 4.01. The molecule has 0 aromatic heterocycles. The highest BCUT2D eigenvalue weighted by molar-refractivity contribution is 5.89. The van der Waals surface area contributed by atoms with Gasteiger partial charge in [0.1, 0.15) is 0 Å². The number of benzene rings is 1. The van der Waals surface area contributed by atoms with Gasteiger partial charge in [-0.05, 0) is 36.1 Å². The van der Waals surface area contributed by atoms with E-state index in [0.29, 0.717) is 0 Å². The minimum absolute atomic E-state index is 0.0807. The molecule has 0 atom stereocenters. The molecule has 17 heavy (non-hydrogen) atoms. The van der Waals surface area contributed by atoms with Gasteiger partial charge in [0.2, 0.25) is 0 Å². The predicted molar refractivity (Wildman–Crippen MR) is 76.0 cm³/mol. The van der Waals surface area contributed by atoms with Crippen LogP contribution in [-0.4, -0.2) is 0 Å². The summed E-state index contributed by atoms with van der Waals surface area (Å²) in [5, 5.41) is 0. The second kappa shape index (κ2) is 4.03. The average Bonchev–Trinajstić information content (AvgIpc) is 2.48. The van der Waals surface area contributed by atoms with Crippen LogP contribution in [0.5, 0.6) is 0 Å². The van der Waals surface area contributed by atoms with Gasteiger partial charge in [-0.25, -0.2) is 0 Å². The first-order chi connectivity index (χ1) is 7.98. The van der Waals surface area contributed by atoms with Gasteiger partial charge in [0.25, 0.3) is 0 Å². The second-order valence-electron chi connectivity index (χ2n) is 5.28. The Morgan fingerprint density at radius 2 is 1.88 bits per heavy atom. The summed E-state index contributed by atoms with van der Waals surface area (Å²) in [7, 11) is 0. The summed E-state index contributed by atoms with van der Waals surface area (Å²) in [5.41, 5.74) is 6.72. The van der Waals surface area contributed by atoms with Crippen molar-refractivity contribution in [3.05, 3.63) is 65.3 Å². The van der Waals surface area contributed by atoms with E-state index in [-0.39, 0.29) is 5.41 Å². The van der Waals surface area contributed by atoms with Crippen molar-refractivity contribution >= 4 is 5.57 Å². The van der Waals surface area contributed by atoms with Gasteiger partial charge in [0.05, 0.1) is 0 Å².